The topological polar surface area (TPSA) is 53.9 Å². The Labute approximate surface area is 163 Å². The molecule has 0 amide bonds. The molecule has 26 heavy (non-hydrogen) atoms. The molecule has 0 spiro atoms. The molecule has 0 saturated carbocycles. The molecule has 3 aromatic rings. The predicted octanol–water partition coefficient (Wildman–Crippen LogP) is 4.91. The van der Waals surface area contributed by atoms with Crippen LogP contribution in [0.15, 0.2) is 48.8 Å². The molecule has 2 heterocycles. The van der Waals surface area contributed by atoms with Gasteiger partial charge in [0.2, 0.25) is 0 Å². The number of nitrogens with one attached hydrogen (secondary N) is 1. The summed E-state index contributed by atoms with van der Waals surface area (Å²) in [7, 11) is 2.02. The third kappa shape index (κ3) is 4.84. The zero-order chi connectivity index (χ0) is 18.5. The van der Waals surface area contributed by atoms with Gasteiger partial charge in [-0.1, -0.05) is 23.2 Å². The Balaban J connectivity index is 1.73. The third-order valence-corrected chi connectivity index (χ3v) is 4.63. The van der Waals surface area contributed by atoms with Crippen LogP contribution in [0, 0.1) is 6.92 Å². The van der Waals surface area contributed by atoms with E-state index in [2.05, 4.69) is 25.2 Å². The van der Waals surface area contributed by atoms with Crippen molar-refractivity contribution in [1.82, 2.24) is 15.0 Å². The number of rotatable bonds is 6. The molecule has 3 rings (SSSR count). The summed E-state index contributed by atoms with van der Waals surface area (Å²) in [5, 5.41) is 4.27. The minimum atomic E-state index is 0.497. The van der Waals surface area contributed by atoms with Crippen molar-refractivity contribution in [2.24, 2.45) is 0 Å². The fourth-order valence-corrected chi connectivity index (χ4v) is 2.79. The van der Waals surface area contributed by atoms with Crippen LogP contribution in [-0.4, -0.2) is 28.5 Å². The number of pyridine rings is 1. The first-order chi connectivity index (χ1) is 12.5. The molecule has 0 atom stereocenters. The maximum atomic E-state index is 6.08. The molecule has 0 bridgehead atoms. The Morgan fingerprint density at radius 3 is 2.50 bits per heavy atom. The fourth-order valence-electron chi connectivity index (χ4n) is 2.49. The van der Waals surface area contributed by atoms with E-state index < -0.39 is 0 Å². The third-order valence-electron chi connectivity index (χ3n) is 3.89. The average Bonchev–Trinajstić information content (AvgIpc) is 2.63. The average molecular weight is 388 g/mol. The van der Waals surface area contributed by atoms with E-state index in [0.717, 1.165) is 24.5 Å². The first-order valence-corrected chi connectivity index (χ1v) is 8.94. The molecule has 2 aromatic heterocycles. The molecule has 5 nitrogen and oxygen atoms in total. The molecule has 1 aromatic carbocycles. The Bertz CT molecular complexity index is 886. The summed E-state index contributed by atoms with van der Waals surface area (Å²) in [6, 6.07) is 11.4. The number of anilines is 3. The first kappa shape index (κ1) is 18.4. The molecule has 7 heteroatoms. The smallest absolute Gasteiger partial charge is 0.136 e. The molecular formula is C19H19Cl2N5. The van der Waals surface area contributed by atoms with E-state index in [0.29, 0.717) is 21.7 Å². The van der Waals surface area contributed by atoms with Crippen LogP contribution in [0.3, 0.4) is 0 Å². The number of nitrogens with zero attached hydrogens (tertiary/aromatic N) is 4. The standard InChI is InChI=1S/C19H19Cl2N5/c1-13-23-18(25-15-3-4-16(20)17(21)11-15)12-19(24-13)26(2)10-7-14-5-8-22-9-6-14/h3-6,8-9,11-12H,7,10H2,1-2H3,(H,23,24,25). The largest absolute Gasteiger partial charge is 0.359 e. The number of likely N-dealkylation sites (N-methyl/N-ethyl adjacent to an activating group) is 1. The molecular weight excluding hydrogens is 369 g/mol. The second-order valence-corrected chi connectivity index (χ2v) is 6.75. The number of hydrogen-bond acceptors (Lipinski definition) is 5. The van der Waals surface area contributed by atoms with E-state index in [1.54, 1.807) is 12.1 Å². The highest BCUT2D eigenvalue weighted by Gasteiger charge is 2.08. The molecule has 0 aliphatic carbocycles. The molecule has 1 N–H and O–H groups in total. The van der Waals surface area contributed by atoms with Crippen LogP contribution >= 0.6 is 23.2 Å². The highest BCUT2D eigenvalue weighted by molar-refractivity contribution is 6.42. The molecule has 0 saturated heterocycles. The zero-order valence-electron chi connectivity index (χ0n) is 14.6. The van der Waals surface area contributed by atoms with Crippen LogP contribution in [0.5, 0.6) is 0 Å². The minimum absolute atomic E-state index is 0.497. The summed E-state index contributed by atoms with van der Waals surface area (Å²) in [6.07, 6.45) is 4.53. The number of hydrogen-bond donors (Lipinski definition) is 1. The number of aryl methyl sites for hydroxylation is 1. The van der Waals surface area contributed by atoms with E-state index in [-0.39, 0.29) is 0 Å². The lowest BCUT2D eigenvalue weighted by Gasteiger charge is -2.19. The van der Waals surface area contributed by atoms with Crippen molar-refractivity contribution < 1.29 is 0 Å². The lowest BCUT2D eigenvalue weighted by atomic mass is 10.2. The Hall–Kier alpha value is -2.37. The normalized spacial score (nSPS) is 10.6. The lowest BCUT2D eigenvalue weighted by molar-refractivity contribution is 0.848. The van der Waals surface area contributed by atoms with Crippen LogP contribution in [0.1, 0.15) is 11.4 Å². The predicted molar refractivity (Wildman–Crippen MR) is 108 cm³/mol. The molecule has 134 valence electrons. The zero-order valence-corrected chi connectivity index (χ0v) is 16.1. The van der Waals surface area contributed by atoms with Gasteiger partial charge in [0.15, 0.2) is 0 Å². The van der Waals surface area contributed by atoms with Gasteiger partial charge in [-0.05, 0) is 49.2 Å². The highest BCUT2D eigenvalue weighted by atomic mass is 35.5. The summed E-state index contributed by atoms with van der Waals surface area (Å²) in [5.74, 6) is 2.26. The second kappa shape index (κ2) is 8.34. The minimum Gasteiger partial charge on any atom is -0.359 e. The lowest BCUT2D eigenvalue weighted by Crippen LogP contribution is -2.22. The van der Waals surface area contributed by atoms with Gasteiger partial charge >= 0.3 is 0 Å². The molecule has 0 aliphatic heterocycles. The summed E-state index contributed by atoms with van der Waals surface area (Å²) in [4.78, 5) is 15.1. The summed E-state index contributed by atoms with van der Waals surface area (Å²) in [5.41, 5.74) is 2.06. The maximum Gasteiger partial charge on any atom is 0.136 e. The van der Waals surface area contributed by atoms with E-state index in [1.165, 1.54) is 5.56 Å². The SMILES string of the molecule is Cc1nc(Nc2ccc(Cl)c(Cl)c2)cc(N(C)CCc2ccncc2)n1. The van der Waals surface area contributed by atoms with E-state index >= 15 is 0 Å². The van der Waals surface area contributed by atoms with Crippen molar-refractivity contribution in [3.63, 3.8) is 0 Å². The second-order valence-electron chi connectivity index (χ2n) is 5.94. The quantitative estimate of drug-likeness (QED) is 0.650. The Morgan fingerprint density at radius 2 is 1.77 bits per heavy atom. The van der Waals surface area contributed by atoms with E-state index in [9.17, 15) is 0 Å². The molecule has 0 unspecified atom stereocenters. The summed E-state index contributed by atoms with van der Waals surface area (Å²) >= 11 is 12.0. The van der Waals surface area contributed by atoms with Crippen LogP contribution in [-0.2, 0) is 6.42 Å². The van der Waals surface area contributed by atoms with Gasteiger partial charge in [-0.3, -0.25) is 4.98 Å². The number of benzene rings is 1. The van der Waals surface area contributed by atoms with Gasteiger partial charge in [0.05, 0.1) is 10.0 Å². The van der Waals surface area contributed by atoms with Gasteiger partial charge in [0.25, 0.3) is 0 Å². The van der Waals surface area contributed by atoms with Gasteiger partial charge in [-0.15, -0.1) is 0 Å². The van der Waals surface area contributed by atoms with Gasteiger partial charge in [0.1, 0.15) is 17.5 Å². The van der Waals surface area contributed by atoms with Crippen LogP contribution in [0.25, 0.3) is 0 Å². The van der Waals surface area contributed by atoms with Crippen molar-refractivity contribution in [2.75, 3.05) is 23.8 Å². The summed E-state index contributed by atoms with van der Waals surface area (Å²) < 4.78 is 0. The van der Waals surface area contributed by atoms with Crippen molar-refractivity contribution in [1.29, 1.82) is 0 Å². The first-order valence-electron chi connectivity index (χ1n) is 8.19. The van der Waals surface area contributed by atoms with Gasteiger partial charge < -0.3 is 10.2 Å². The van der Waals surface area contributed by atoms with Crippen molar-refractivity contribution >= 4 is 40.5 Å². The Morgan fingerprint density at radius 1 is 1.00 bits per heavy atom. The van der Waals surface area contributed by atoms with Crippen molar-refractivity contribution in [3.8, 4) is 0 Å². The fraction of sp³-hybridized carbons (Fsp3) is 0.211. The van der Waals surface area contributed by atoms with Crippen LogP contribution in [0.4, 0.5) is 17.3 Å². The molecule has 0 radical (unpaired) electrons. The monoisotopic (exact) mass is 387 g/mol. The summed E-state index contributed by atoms with van der Waals surface area (Å²) in [6.45, 7) is 2.72. The van der Waals surface area contributed by atoms with Gasteiger partial charge in [-0.2, -0.15) is 0 Å². The van der Waals surface area contributed by atoms with Gasteiger partial charge in [0, 0.05) is 37.7 Å². The van der Waals surface area contributed by atoms with Crippen LogP contribution in [0.2, 0.25) is 10.0 Å². The highest BCUT2D eigenvalue weighted by Crippen LogP contribution is 2.27. The number of aromatic nitrogens is 3. The maximum absolute atomic E-state index is 6.08. The Kier molecular flexibility index (Phi) is 5.91. The van der Waals surface area contributed by atoms with Crippen molar-refractivity contribution in [2.45, 2.75) is 13.3 Å². The van der Waals surface area contributed by atoms with Crippen molar-refractivity contribution in [3.05, 3.63) is 70.2 Å². The van der Waals surface area contributed by atoms with E-state index in [1.807, 2.05) is 50.6 Å². The number of halogens is 2. The van der Waals surface area contributed by atoms with Crippen LogP contribution < -0.4 is 10.2 Å². The van der Waals surface area contributed by atoms with Gasteiger partial charge in [-0.25, -0.2) is 9.97 Å². The van der Waals surface area contributed by atoms with E-state index in [4.69, 9.17) is 23.2 Å². The molecule has 0 aliphatic rings. The molecule has 0 fully saturated rings.